The van der Waals surface area contributed by atoms with E-state index >= 15 is 0 Å². The van der Waals surface area contributed by atoms with Gasteiger partial charge in [0.25, 0.3) is 0 Å². The quantitative estimate of drug-likeness (QED) is 0.502. The summed E-state index contributed by atoms with van der Waals surface area (Å²) in [5.41, 5.74) is 2.38. The highest BCUT2D eigenvalue weighted by Crippen LogP contribution is 2.39. The molecule has 2 aromatic carbocycles. The lowest BCUT2D eigenvalue weighted by Crippen LogP contribution is -2.64. The Kier molecular flexibility index (Phi) is 7.42. The maximum absolute atomic E-state index is 14.7. The number of hydrogen-bond donors (Lipinski definition) is 1. The maximum atomic E-state index is 14.7. The number of urea groups is 1. The van der Waals surface area contributed by atoms with Crippen molar-refractivity contribution in [1.82, 2.24) is 19.7 Å². The SMILES string of the molecule is O=C(N1CCN(Cc2c[nH]c(-c3ccccc3)cc2=O)C2(CCCC2)C1)N1CCOC[C@@H]1c1cc(F)ccc1F. The van der Waals surface area contributed by atoms with Crippen LogP contribution in [0.2, 0.25) is 0 Å². The number of benzene rings is 2. The van der Waals surface area contributed by atoms with Crippen LogP contribution < -0.4 is 5.43 Å². The zero-order chi connectivity index (χ0) is 27.7. The van der Waals surface area contributed by atoms with Crippen LogP contribution in [0.25, 0.3) is 11.3 Å². The third-order valence-electron chi connectivity index (χ3n) is 8.73. The van der Waals surface area contributed by atoms with Gasteiger partial charge in [-0.2, -0.15) is 0 Å². The lowest BCUT2D eigenvalue weighted by atomic mass is 9.91. The van der Waals surface area contributed by atoms with Gasteiger partial charge >= 0.3 is 6.03 Å². The zero-order valence-corrected chi connectivity index (χ0v) is 22.5. The largest absolute Gasteiger partial charge is 0.377 e. The second-order valence-corrected chi connectivity index (χ2v) is 11.1. The van der Waals surface area contributed by atoms with Gasteiger partial charge in [0.15, 0.2) is 5.43 Å². The van der Waals surface area contributed by atoms with Gasteiger partial charge in [0.05, 0.1) is 19.3 Å². The number of nitrogens with zero attached hydrogens (tertiary/aromatic N) is 3. The summed E-state index contributed by atoms with van der Waals surface area (Å²) < 4.78 is 34.3. The Morgan fingerprint density at radius 2 is 1.82 bits per heavy atom. The number of nitrogens with one attached hydrogen (secondary N) is 1. The van der Waals surface area contributed by atoms with Crippen LogP contribution in [-0.4, -0.2) is 70.6 Å². The van der Waals surface area contributed by atoms with Crippen LogP contribution in [0.5, 0.6) is 0 Å². The number of morpholine rings is 1. The number of rotatable bonds is 4. The smallest absolute Gasteiger partial charge is 0.320 e. The monoisotopic (exact) mass is 548 g/mol. The van der Waals surface area contributed by atoms with Crippen LogP contribution >= 0.6 is 0 Å². The first-order chi connectivity index (χ1) is 19.4. The van der Waals surface area contributed by atoms with E-state index in [1.807, 2.05) is 41.4 Å². The molecule has 0 radical (unpaired) electrons. The number of amides is 2. The van der Waals surface area contributed by atoms with E-state index in [-0.39, 0.29) is 29.2 Å². The maximum Gasteiger partial charge on any atom is 0.320 e. The van der Waals surface area contributed by atoms with Crippen molar-refractivity contribution in [2.75, 3.05) is 39.4 Å². The predicted molar refractivity (Wildman–Crippen MR) is 148 cm³/mol. The molecule has 3 aromatic rings. The average Bonchev–Trinajstić information content (AvgIpc) is 3.45. The molecule has 1 atom stereocenters. The van der Waals surface area contributed by atoms with Gasteiger partial charge in [-0.05, 0) is 36.6 Å². The second-order valence-electron chi connectivity index (χ2n) is 11.1. The number of aromatic amines is 1. The molecule has 0 bridgehead atoms. The van der Waals surface area contributed by atoms with Crippen LogP contribution in [0.3, 0.4) is 0 Å². The van der Waals surface area contributed by atoms with Crippen molar-refractivity contribution in [3.63, 3.8) is 0 Å². The minimum Gasteiger partial charge on any atom is -0.377 e. The standard InChI is InChI=1S/C31H34F2N4O3/c32-24-8-9-26(33)25(16-24)28-20-40-15-14-37(28)30(39)35-12-13-36(31(21-35)10-4-5-11-31)19-23-18-34-27(17-29(23)38)22-6-2-1-3-7-22/h1-3,6-9,16-18,28H,4-5,10-15,19-21H2,(H,34,38)/t28-/m1/s1. The number of pyridine rings is 1. The molecule has 1 aromatic heterocycles. The van der Waals surface area contributed by atoms with Crippen molar-refractivity contribution in [1.29, 1.82) is 0 Å². The van der Waals surface area contributed by atoms with Crippen molar-refractivity contribution in [3.05, 3.63) is 93.8 Å². The van der Waals surface area contributed by atoms with Crippen molar-refractivity contribution in [3.8, 4) is 11.3 Å². The summed E-state index contributed by atoms with van der Waals surface area (Å²) in [4.78, 5) is 36.1. The highest BCUT2D eigenvalue weighted by Gasteiger charge is 2.46. The molecule has 9 heteroatoms. The van der Waals surface area contributed by atoms with Gasteiger partial charge in [-0.3, -0.25) is 9.69 Å². The third kappa shape index (κ3) is 5.15. The van der Waals surface area contributed by atoms with E-state index in [1.54, 1.807) is 11.0 Å². The van der Waals surface area contributed by atoms with Crippen molar-refractivity contribution in [2.45, 2.75) is 43.8 Å². The van der Waals surface area contributed by atoms with Gasteiger partial charge in [-0.1, -0.05) is 43.2 Å². The van der Waals surface area contributed by atoms with E-state index in [9.17, 15) is 18.4 Å². The van der Waals surface area contributed by atoms with E-state index in [0.717, 1.165) is 55.1 Å². The Balaban J connectivity index is 1.20. The minimum absolute atomic E-state index is 0.00228. The molecule has 1 spiro atoms. The fraction of sp³-hybridized carbons (Fsp3) is 0.419. The fourth-order valence-corrected chi connectivity index (χ4v) is 6.59. The molecular weight excluding hydrogens is 514 g/mol. The second kappa shape index (κ2) is 11.1. The Morgan fingerprint density at radius 3 is 2.60 bits per heavy atom. The van der Waals surface area contributed by atoms with Crippen LogP contribution in [0, 0.1) is 11.6 Å². The number of piperazine rings is 1. The van der Waals surface area contributed by atoms with E-state index in [0.29, 0.717) is 44.9 Å². The predicted octanol–water partition coefficient (Wildman–Crippen LogP) is 4.94. The van der Waals surface area contributed by atoms with E-state index in [4.69, 9.17) is 4.74 Å². The molecule has 3 heterocycles. The molecule has 210 valence electrons. The summed E-state index contributed by atoms with van der Waals surface area (Å²) in [7, 11) is 0. The summed E-state index contributed by atoms with van der Waals surface area (Å²) in [5, 5.41) is 0. The molecule has 1 saturated carbocycles. The number of halogens is 2. The molecule has 0 unspecified atom stereocenters. The van der Waals surface area contributed by atoms with Gasteiger partial charge in [0.1, 0.15) is 11.6 Å². The molecule has 1 N–H and O–H groups in total. The third-order valence-corrected chi connectivity index (χ3v) is 8.73. The van der Waals surface area contributed by atoms with Gasteiger partial charge in [0, 0.05) is 67.3 Å². The minimum atomic E-state index is -0.684. The van der Waals surface area contributed by atoms with Gasteiger partial charge < -0.3 is 19.5 Å². The molecule has 40 heavy (non-hydrogen) atoms. The number of ether oxygens (including phenoxy) is 1. The Bertz CT molecular complexity index is 1420. The van der Waals surface area contributed by atoms with E-state index in [2.05, 4.69) is 9.88 Å². The van der Waals surface area contributed by atoms with Gasteiger partial charge in [-0.25, -0.2) is 13.6 Å². The van der Waals surface area contributed by atoms with Crippen molar-refractivity contribution < 1.29 is 18.3 Å². The lowest BCUT2D eigenvalue weighted by molar-refractivity contribution is -0.0234. The normalized spacial score (nSPS) is 21.2. The Labute approximate surface area is 232 Å². The highest BCUT2D eigenvalue weighted by atomic mass is 19.1. The number of H-pyrrole nitrogens is 1. The fourth-order valence-electron chi connectivity index (χ4n) is 6.59. The molecule has 6 rings (SSSR count). The number of carbonyl (C=O) groups excluding carboxylic acids is 1. The molecule has 3 aliphatic rings. The first-order valence-electron chi connectivity index (χ1n) is 14.0. The van der Waals surface area contributed by atoms with Crippen LogP contribution in [0.4, 0.5) is 13.6 Å². The molecule has 2 aliphatic heterocycles. The van der Waals surface area contributed by atoms with E-state index in [1.165, 1.54) is 0 Å². The number of aromatic nitrogens is 1. The van der Waals surface area contributed by atoms with Gasteiger partial charge in [0.2, 0.25) is 0 Å². The Morgan fingerprint density at radius 1 is 1.02 bits per heavy atom. The summed E-state index contributed by atoms with van der Waals surface area (Å²) in [6, 6.07) is 13.9. The average molecular weight is 549 g/mol. The summed E-state index contributed by atoms with van der Waals surface area (Å²) in [5.74, 6) is -1.09. The Hall–Kier alpha value is -3.56. The molecule has 7 nitrogen and oxygen atoms in total. The zero-order valence-electron chi connectivity index (χ0n) is 22.5. The number of hydrogen-bond acceptors (Lipinski definition) is 4. The highest BCUT2D eigenvalue weighted by molar-refractivity contribution is 5.75. The summed E-state index contributed by atoms with van der Waals surface area (Å²) >= 11 is 0. The molecular formula is C31H34F2N4O3. The van der Waals surface area contributed by atoms with Crippen molar-refractivity contribution in [2.24, 2.45) is 0 Å². The molecule has 3 fully saturated rings. The summed E-state index contributed by atoms with van der Waals surface area (Å²) in [6.07, 6.45) is 5.84. The first-order valence-corrected chi connectivity index (χ1v) is 14.0. The van der Waals surface area contributed by atoms with Crippen LogP contribution in [0.15, 0.2) is 65.6 Å². The molecule has 2 saturated heterocycles. The first kappa shape index (κ1) is 26.7. The van der Waals surface area contributed by atoms with Gasteiger partial charge in [-0.15, -0.1) is 0 Å². The molecule has 1 aliphatic carbocycles. The lowest BCUT2D eigenvalue weighted by Gasteiger charge is -2.50. The van der Waals surface area contributed by atoms with Crippen LogP contribution in [0.1, 0.15) is 42.9 Å². The summed E-state index contributed by atoms with van der Waals surface area (Å²) in [6.45, 7) is 2.98. The van der Waals surface area contributed by atoms with Crippen molar-refractivity contribution >= 4 is 6.03 Å². The van der Waals surface area contributed by atoms with Crippen LogP contribution in [-0.2, 0) is 11.3 Å². The molecule has 2 amide bonds. The number of carbonyl (C=O) groups is 1. The van der Waals surface area contributed by atoms with E-state index < -0.39 is 17.7 Å². The topological polar surface area (TPSA) is 68.9 Å².